The molecule has 2 aliphatic rings. The van der Waals surface area contributed by atoms with Crippen LogP contribution in [-0.2, 0) is 42.1 Å². The number of hydrogen-bond donors (Lipinski definition) is 1. The summed E-state index contributed by atoms with van der Waals surface area (Å²) in [6.45, 7) is 3.84. The molecule has 2 aromatic heterocycles. The minimum absolute atomic E-state index is 0. The Balaban J connectivity index is 0.000000258. The van der Waals surface area contributed by atoms with Crippen LogP contribution in [0.5, 0.6) is 0 Å². The zero-order chi connectivity index (χ0) is 41.9. The van der Waals surface area contributed by atoms with Crippen LogP contribution in [0.25, 0.3) is 0 Å². The number of carbonyl (C=O) groups is 2. The average molecular weight is 859 g/mol. The number of piperidine rings is 2. The molecule has 6 rings (SSSR count). The van der Waals surface area contributed by atoms with Gasteiger partial charge in [-0.2, -0.15) is 20.4 Å². The first-order valence-corrected chi connectivity index (χ1v) is 20.9. The topological polar surface area (TPSA) is 192 Å². The smallest absolute Gasteiger partial charge is 0.550 e. The van der Waals surface area contributed by atoms with E-state index in [1.165, 1.54) is 49.1 Å². The van der Waals surface area contributed by atoms with Crippen LogP contribution in [0.2, 0.25) is 0 Å². The molecule has 2 fully saturated rings. The molecule has 2 saturated heterocycles. The van der Waals surface area contributed by atoms with Gasteiger partial charge in [-0.25, -0.2) is 34.4 Å². The van der Waals surface area contributed by atoms with Crippen molar-refractivity contribution in [2.45, 2.75) is 72.2 Å². The van der Waals surface area contributed by atoms with Gasteiger partial charge < -0.3 is 20.1 Å². The van der Waals surface area contributed by atoms with Gasteiger partial charge in [-0.1, -0.05) is 12.1 Å². The SMILES string of the molecule is CC(F)(C1CCN(C(=O)Cc2ccnnc2)CC1)S(=O)(=O)c1cccc(F)c1.CC(F)(C1CCNCC1)S(=O)(=O)c1cccc(F)c1.O=C([O-])Cc1ccnnc1.[Na+]. The summed E-state index contributed by atoms with van der Waals surface area (Å²) in [6.07, 6.45) is 7.25. The Labute approximate surface area is 357 Å². The molecule has 0 spiro atoms. The van der Waals surface area contributed by atoms with Gasteiger partial charge in [-0.3, -0.25) is 4.79 Å². The molecule has 0 radical (unpaired) electrons. The number of carbonyl (C=O) groups excluding carboxylic acids is 2. The van der Waals surface area contributed by atoms with Crippen LogP contribution < -0.4 is 40.0 Å². The third-order valence-electron chi connectivity index (χ3n) is 9.90. The van der Waals surface area contributed by atoms with E-state index in [-0.39, 0.29) is 84.0 Å². The predicted molar refractivity (Wildman–Crippen MR) is 198 cm³/mol. The van der Waals surface area contributed by atoms with Gasteiger partial charge in [0.05, 0.1) is 28.6 Å². The summed E-state index contributed by atoms with van der Waals surface area (Å²) in [4.78, 5) is 23.3. The quantitative estimate of drug-likeness (QED) is 0.173. The molecule has 0 saturated carbocycles. The van der Waals surface area contributed by atoms with Gasteiger partial charge in [0.15, 0.2) is 0 Å². The predicted octanol–water partition coefficient (Wildman–Crippen LogP) is 0.614. The number of carboxylic acid groups (broad SMARTS) is 1. The van der Waals surface area contributed by atoms with Crippen LogP contribution in [0.3, 0.4) is 0 Å². The molecular formula is C38H43F4N6NaO7S2. The number of nitrogens with zero attached hydrogens (tertiary/aromatic N) is 5. The number of halogens is 4. The number of aromatic nitrogens is 4. The summed E-state index contributed by atoms with van der Waals surface area (Å²) in [5.41, 5.74) is 1.33. The van der Waals surface area contributed by atoms with Crippen LogP contribution in [-0.4, -0.2) is 90.2 Å². The minimum atomic E-state index is -4.37. The van der Waals surface area contributed by atoms with E-state index in [2.05, 4.69) is 25.7 Å². The van der Waals surface area contributed by atoms with Gasteiger partial charge in [-0.15, -0.1) is 0 Å². The fraction of sp³-hybridized carbons (Fsp3) is 0.421. The summed E-state index contributed by atoms with van der Waals surface area (Å²) < 4.78 is 107. The van der Waals surface area contributed by atoms with Gasteiger partial charge in [0.2, 0.25) is 35.6 Å². The Morgan fingerprint density at radius 3 is 1.55 bits per heavy atom. The third kappa shape index (κ3) is 12.6. The molecule has 2 aromatic carbocycles. The number of rotatable bonds is 10. The number of likely N-dealkylation sites (tertiary alicyclic amines) is 1. The number of alkyl halides is 2. The van der Waals surface area contributed by atoms with Crippen molar-refractivity contribution < 1.29 is 78.7 Å². The Hall–Kier alpha value is -3.88. The van der Waals surface area contributed by atoms with Crippen molar-refractivity contribution in [3.05, 3.63) is 108 Å². The Morgan fingerprint density at radius 2 is 1.16 bits per heavy atom. The van der Waals surface area contributed by atoms with Gasteiger partial charge in [0.1, 0.15) is 11.6 Å². The van der Waals surface area contributed by atoms with E-state index in [1.807, 2.05) is 0 Å². The number of carboxylic acids is 1. The van der Waals surface area contributed by atoms with Crippen molar-refractivity contribution >= 4 is 31.6 Å². The molecule has 2 atom stereocenters. The number of nitrogens with one attached hydrogen (secondary N) is 1. The number of aliphatic carboxylic acids is 1. The van der Waals surface area contributed by atoms with Gasteiger partial charge in [0, 0.05) is 49.7 Å². The Bertz CT molecular complexity index is 2180. The standard InChI is InChI=1S/C19H21F2N3O3S.C13H17F2NO2S.C6H6N2O2.Na/c1-19(21,28(26,27)17-4-2-3-16(20)12-17)15-6-9-24(10-7-15)18(25)11-14-5-8-22-23-13-14;1-13(15,10-5-7-16-8-6-10)19(17,18)12-4-2-3-11(14)9-12;9-6(10)3-5-1-2-7-8-4-5;/h2-5,8,12-13,15H,6-7,9-11H2,1H3;2-4,9-10,16H,5-8H2,1H3;1-2,4H,3H2,(H,9,10);/q;;;+1/p-1. The van der Waals surface area contributed by atoms with E-state index in [4.69, 9.17) is 0 Å². The molecule has 308 valence electrons. The first-order chi connectivity index (χ1) is 26.9. The van der Waals surface area contributed by atoms with E-state index in [1.54, 1.807) is 17.0 Å². The molecule has 2 unspecified atom stereocenters. The molecule has 0 bridgehead atoms. The van der Waals surface area contributed by atoms with Crippen molar-refractivity contribution in [2.75, 3.05) is 26.2 Å². The van der Waals surface area contributed by atoms with Crippen LogP contribution >= 0.6 is 0 Å². The Kier molecular flexibility index (Phi) is 17.9. The molecule has 4 aromatic rings. The second-order valence-electron chi connectivity index (χ2n) is 13.8. The molecule has 1 N–H and O–H groups in total. The fourth-order valence-electron chi connectivity index (χ4n) is 6.45. The van der Waals surface area contributed by atoms with Gasteiger partial charge in [0.25, 0.3) is 0 Å². The zero-order valence-electron chi connectivity index (χ0n) is 32.2. The van der Waals surface area contributed by atoms with Gasteiger partial charge >= 0.3 is 29.6 Å². The normalized spacial score (nSPS) is 17.1. The number of sulfone groups is 2. The molecule has 0 aliphatic carbocycles. The molecule has 1 amide bonds. The molecular weight excluding hydrogens is 816 g/mol. The van der Waals surface area contributed by atoms with Crippen LogP contribution in [0, 0.1) is 23.5 Å². The second kappa shape index (κ2) is 21.4. The first-order valence-electron chi connectivity index (χ1n) is 17.9. The van der Waals surface area contributed by atoms with Crippen LogP contribution in [0.4, 0.5) is 17.6 Å². The van der Waals surface area contributed by atoms with Crippen molar-refractivity contribution in [1.29, 1.82) is 0 Å². The molecule has 13 nitrogen and oxygen atoms in total. The first kappa shape index (κ1) is 48.5. The summed E-state index contributed by atoms with van der Waals surface area (Å²) >= 11 is 0. The van der Waals surface area contributed by atoms with Gasteiger partial charge in [-0.05, 0) is 112 Å². The van der Waals surface area contributed by atoms with E-state index < -0.39 is 59.1 Å². The molecule has 2 aliphatic heterocycles. The van der Waals surface area contributed by atoms with Crippen molar-refractivity contribution in [2.24, 2.45) is 11.8 Å². The number of amides is 1. The number of benzene rings is 2. The maximum atomic E-state index is 15.4. The summed E-state index contributed by atoms with van der Waals surface area (Å²) in [7, 11) is -8.57. The van der Waals surface area contributed by atoms with Crippen LogP contribution in [0.15, 0.2) is 95.2 Å². The molecule has 20 heteroatoms. The Morgan fingerprint density at radius 1 is 0.724 bits per heavy atom. The summed E-state index contributed by atoms with van der Waals surface area (Å²) in [5.74, 6) is -3.99. The third-order valence-corrected chi connectivity index (χ3v) is 14.4. The van der Waals surface area contributed by atoms with Crippen LogP contribution in [0.1, 0.15) is 50.7 Å². The second-order valence-corrected chi connectivity index (χ2v) is 18.4. The maximum absolute atomic E-state index is 15.4. The van der Waals surface area contributed by atoms with E-state index in [0.717, 1.165) is 43.7 Å². The van der Waals surface area contributed by atoms with Crippen molar-refractivity contribution in [3.8, 4) is 0 Å². The molecule has 58 heavy (non-hydrogen) atoms. The van der Waals surface area contributed by atoms with E-state index in [0.29, 0.717) is 31.5 Å². The summed E-state index contributed by atoms with van der Waals surface area (Å²) in [6, 6.07) is 12.2. The van der Waals surface area contributed by atoms with E-state index >= 15 is 4.39 Å². The monoisotopic (exact) mass is 858 g/mol. The maximum Gasteiger partial charge on any atom is 1.00 e. The number of hydrogen-bond acceptors (Lipinski definition) is 12. The fourth-order valence-corrected chi connectivity index (χ4v) is 9.77. The van der Waals surface area contributed by atoms with Crippen molar-refractivity contribution in [3.63, 3.8) is 0 Å². The largest absolute Gasteiger partial charge is 1.00 e. The van der Waals surface area contributed by atoms with Crippen molar-refractivity contribution in [1.82, 2.24) is 30.6 Å². The zero-order valence-corrected chi connectivity index (χ0v) is 35.9. The average Bonchev–Trinajstić information content (AvgIpc) is 3.19. The minimum Gasteiger partial charge on any atom is -0.550 e. The van der Waals surface area contributed by atoms with E-state index in [9.17, 15) is 44.7 Å². The summed E-state index contributed by atoms with van der Waals surface area (Å²) in [5, 5.41) is 22.5. The molecule has 4 heterocycles.